The zero-order valence-electron chi connectivity index (χ0n) is 13.9. The highest BCUT2D eigenvalue weighted by Gasteiger charge is 2.16. The van der Waals surface area contributed by atoms with E-state index in [0.717, 1.165) is 19.4 Å². The van der Waals surface area contributed by atoms with Crippen LogP contribution in [0, 0.1) is 10.1 Å². The van der Waals surface area contributed by atoms with E-state index >= 15 is 0 Å². The molecule has 1 N–H and O–H groups in total. The number of nitrogens with zero attached hydrogens (tertiary/aromatic N) is 2. The Balaban J connectivity index is 0.00000312. The van der Waals surface area contributed by atoms with E-state index in [4.69, 9.17) is 4.74 Å². The number of methoxy groups -OCH3 is 1. The number of aromatic nitrogens is 1. The number of benzene rings is 1. The van der Waals surface area contributed by atoms with Crippen LogP contribution in [0.2, 0.25) is 0 Å². The Morgan fingerprint density at radius 1 is 1.24 bits per heavy atom. The molecule has 134 valence electrons. The van der Waals surface area contributed by atoms with Crippen molar-refractivity contribution < 1.29 is 36.0 Å². The van der Waals surface area contributed by atoms with Crippen molar-refractivity contribution in [1.29, 1.82) is 0 Å². The van der Waals surface area contributed by atoms with E-state index in [9.17, 15) is 14.9 Å². The first-order valence-corrected chi connectivity index (χ1v) is 7.66. The minimum Gasteiger partial charge on any atom is -1.00 e. The van der Waals surface area contributed by atoms with E-state index in [1.54, 1.807) is 6.07 Å². The summed E-state index contributed by atoms with van der Waals surface area (Å²) in [5.74, 6) is 0.00501. The zero-order chi connectivity index (χ0) is 17.4. The summed E-state index contributed by atoms with van der Waals surface area (Å²) < 4.78 is 6.99. The maximum Gasteiger partial charge on any atom is 0.312 e. The molecule has 1 aromatic heterocycles. The third-order valence-electron chi connectivity index (χ3n) is 3.51. The summed E-state index contributed by atoms with van der Waals surface area (Å²) in [5, 5.41) is 13.7. The van der Waals surface area contributed by atoms with Gasteiger partial charge in [0.25, 0.3) is 0 Å². The lowest BCUT2D eigenvalue weighted by atomic mass is 10.2. The van der Waals surface area contributed by atoms with Gasteiger partial charge in [0, 0.05) is 36.7 Å². The third-order valence-corrected chi connectivity index (χ3v) is 3.51. The standard InChI is InChI=1S/C17H19N3O4.BrH/c1-24-16-9-8-14(13-15(16)20(22)23)18-17(21)7-3-6-12-19-10-4-2-5-11-19;/h2,4-5,8-11,13H,3,6-7,12H2,1H3;1H. The third kappa shape index (κ3) is 6.50. The van der Waals surface area contributed by atoms with E-state index < -0.39 is 4.92 Å². The molecule has 0 bridgehead atoms. The molecule has 2 rings (SSSR count). The largest absolute Gasteiger partial charge is 1.00 e. The van der Waals surface area contributed by atoms with Crippen molar-refractivity contribution in [2.24, 2.45) is 0 Å². The number of carbonyl (C=O) groups excluding carboxylic acids is 1. The fourth-order valence-corrected chi connectivity index (χ4v) is 2.30. The van der Waals surface area contributed by atoms with E-state index in [0.29, 0.717) is 12.1 Å². The van der Waals surface area contributed by atoms with Crippen molar-refractivity contribution in [2.75, 3.05) is 12.4 Å². The predicted molar refractivity (Wildman–Crippen MR) is 88.8 cm³/mol. The molecule has 0 atom stereocenters. The summed E-state index contributed by atoms with van der Waals surface area (Å²) in [7, 11) is 1.37. The van der Waals surface area contributed by atoms with Crippen LogP contribution in [-0.4, -0.2) is 17.9 Å². The molecule has 0 saturated heterocycles. The van der Waals surface area contributed by atoms with Gasteiger partial charge in [-0.05, 0) is 18.6 Å². The molecule has 0 unspecified atom stereocenters. The molecule has 0 spiro atoms. The van der Waals surface area contributed by atoms with Crippen molar-refractivity contribution in [1.82, 2.24) is 0 Å². The van der Waals surface area contributed by atoms with E-state index in [1.807, 2.05) is 30.6 Å². The fourth-order valence-electron chi connectivity index (χ4n) is 2.30. The van der Waals surface area contributed by atoms with E-state index in [2.05, 4.69) is 9.88 Å². The second kappa shape index (κ2) is 10.4. The number of rotatable bonds is 8. The molecule has 7 nitrogen and oxygen atoms in total. The predicted octanol–water partition coefficient (Wildman–Crippen LogP) is -0.296. The Morgan fingerprint density at radius 3 is 2.60 bits per heavy atom. The Morgan fingerprint density at radius 2 is 1.96 bits per heavy atom. The lowest BCUT2D eigenvalue weighted by molar-refractivity contribution is -0.697. The number of hydrogen-bond acceptors (Lipinski definition) is 4. The number of nitro groups is 1. The molecule has 2 aromatic rings. The van der Waals surface area contributed by atoms with Gasteiger partial charge in [0.2, 0.25) is 5.91 Å². The molecule has 1 heterocycles. The van der Waals surface area contributed by atoms with Crippen LogP contribution in [-0.2, 0) is 11.3 Å². The van der Waals surface area contributed by atoms with Gasteiger partial charge in [0.15, 0.2) is 18.1 Å². The van der Waals surface area contributed by atoms with Gasteiger partial charge in [-0.15, -0.1) is 0 Å². The molecule has 0 aliphatic rings. The highest BCUT2D eigenvalue weighted by atomic mass is 79.9. The average Bonchev–Trinajstić information content (AvgIpc) is 2.59. The summed E-state index contributed by atoms with van der Waals surface area (Å²) in [4.78, 5) is 22.4. The van der Waals surface area contributed by atoms with Crippen LogP contribution in [0.3, 0.4) is 0 Å². The second-order valence-electron chi connectivity index (χ2n) is 5.26. The molecular weight excluding hydrogens is 390 g/mol. The smallest absolute Gasteiger partial charge is 0.312 e. The Labute approximate surface area is 156 Å². The molecule has 25 heavy (non-hydrogen) atoms. The molecular formula is C17H20BrN3O4. The number of nitrogens with one attached hydrogen (secondary N) is 1. The van der Waals surface area contributed by atoms with Crippen LogP contribution in [0.5, 0.6) is 5.75 Å². The van der Waals surface area contributed by atoms with Gasteiger partial charge in [0.1, 0.15) is 6.54 Å². The molecule has 8 heteroatoms. The molecule has 1 amide bonds. The van der Waals surface area contributed by atoms with Crippen molar-refractivity contribution in [3.8, 4) is 5.75 Å². The maximum absolute atomic E-state index is 11.9. The number of aryl methyl sites for hydroxylation is 1. The van der Waals surface area contributed by atoms with E-state index in [-0.39, 0.29) is 34.3 Å². The van der Waals surface area contributed by atoms with Gasteiger partial charge in [-0.1, -0.05) is 6.07 Å². The maximum atomic E-state index is 11.9. The minimum atomic E-state index is -0.536. The Bertz CT molecular complexity index is 710. The number of nitro benzene ring substituents is 1. The van der Waals surface area contributed by atoms with Gasteiger partial charge in [-0.2, -0.15) is 0 Å². The number of carbonyl (C=O) groups is 1. The number of amides is 1. The van der Waals surface area contributed by atoms with Crippen LogP contribution in [0.1, 0.15) is 19.3 Å². The summed E-state index contributed by atoms with van der Waals surface area (Å²) in [6.45, 7) is 0.849. The molecule has 0 saturated carbocycles. The zero-order valence-corrected chi connectivity index (χ0v) is 15.4. The highest BCUT2D eigenvalue weighted by molar-refractivity contribution is 5.91. The van der Waals surface area contributed by atoms with Gasteiger partial charge in [-0.25, -0.2) is 4.57 Å². The molecule has 0 aliphatic carbocycles. The SMILES string of the molecule is COc1ccc(NC(=O)CCCC[n+]2ccccc2)cc1[N+](=O)[O-].[Br-]. The minimum absolute atomic E-state index is 0. The van der Waals surface area contributed by atoms with Gasteiger partial charge >= 0.3 is 5.69 Å². The van der Waals surface area contributed by atoms with Gasteiger partial charge in [0.05, 0.1) is 12.0 Å². The average molecular weight is 410 g/mol. The number of anilines is 1. The van der Waals surface area contributed by atoms with Crippen LogP contribution < -0.4 is 31.6 Å². The van der Waals surface area contributed by atoms with Crippen molar-refractivity contribution in [3.63, 3.8) is 0 Å². The lowest BCUT2D eigenvalue weighted by Gasteiger charge is -2.07. The van der Waals surface area contributed by atoms with Crippen molar-refractivity contribution in [2.45, 2.75) is 25.8 Å². The molecule has 0 radical (unpaired) electrons. The van der Waals surface area contributed by atoms with Crippen molar-refractivity contribution >= 4 is 17.3 Å². The highest BCUT2D eigenvalue weighted by Crippen LogP contribution is 2.29. The number of unbranched alkanes of at least 4 members (excludes halogenated alkanes) is 1. The monoisotopic (exact) mass is 409 g/mol. The number of ether oxygens (including phenoxy) is 1. The van der Waals surface area contributed by atoms with E-state index in [1.165, 1.54) is 19.2 Å². The Kier molecular flexibility index (Phi) is 8.55. The topological polar surface area (TPSA) is 85.3 Å². The first-order valence-electron chi connectivity index (χ1n) is 7.66. The molecule has 1 aromatic carbocycles. The van der Waals surface area contributed by atoms with Crippen LogP contribution in [0.15, 0.2) is 48.8 Å². The Hall–Kier alpha value is -2.48. The lowest BCUT2D eigenvalue weighted by Crippen LogP contribution is -3.00. The van der Waals surface area contributed by atoms with Crippen LogP contribution in [0.25, 0.3) is 0 Å². The first-order chi connectivity index (χ1) is 11.6. The van der Waals surface area contributed by atoms with Crippen molar-refractivity contribution in [3.05, 3.63) is 58.9 Å². The van der Waals surface area contributed by atoms with Gasteiger partial charge in [-0.3, -0.25) is 14.9 Å². The fraction of sp³-hybridized carbons (Fsp3) is 0.294. The number of halogens is 1. The molecule has 0 aliphatic heterocycles. The number of pyridine rings is 1. The quantitative estimate of drug-likeness (QED) is 0.281. The van der Waals surface area contributed by atoms with Crippen LogP contribution in [0.4, 0.5) is 11.4 Å². The summed E-state index contributed by atoms with van der Waals surface area (Å²) in [6.07, 6.45) is 5.96. The summed E-state index contributed by atoms with van der Waals surface area (Å²) >= 11 is 0. The normalized spacial score (nSPS) is 9.80. The van der Waals surface area contributed by atoms with Crippen LogP contribution >= 0.6 is 0 Å². The molecule has 0 fully saturated rings. The summed E-state index contributed by atoms with van der Waals surface area (Å²) in [6, 6.07) is 10.2. The number of hydrogen-bond donors (Lipinski definition) is 1. The summed E-state index contributed by atoms with van der Waals surface area (Å²) in [5.41, 5.74) is 0.223. The first kappa shape index (κ1) is 20.6. The van der Waals surface area contributed by atoms with Gasteiger partial charge < -0.3 is 27.0 Å². The second-order valence-corrected chi connectivity index (χ2v) is 5.26.